The van der Waals surface area contributed by atoms with E-state index in [-0.39, 0.29) is 25.7 Å². The lowest BCUT2D eigenvalue weighted by Gasteiger charge is -2.21. The molecule has 590 valence electrons. The highest BCUT2D eigenvalue weighted by molar-refractivity contribution is 7.47. The zero-order valence-corrected chi connectivity index (χ0v) is 66.3. The quantitative estimate of drug-likeness (QED) is 0.0169. The van der Waals surface area contributed by atoms with E-state index in [0.29, 0.717) is 25.7 Å². The van der Waals surface area contributed by atoms with Crippen LogP contribution in [0.1, 0.15) is 349 Å². The van der Waals surface area contributed by atoms with E-state index in [1.54, 1.807) is 0 Å². The molecule has 0 aromatic carbocycles. The monoisotopic (exact) mass is 1480 g/mol. The molecule has 0 spiro atoms. The minimum Gasteiger partial charge on any atom is -0.462 e. The third kappa shape index (κ3) is 74.3. The maximum absolute atomic E-state index is 13.1. The number of hydrogen-bond donors (Lipinski definition) is 3. The second kappa shape index (κ2) is 75.2. The third-order valence-corrected chi connectivity index (χ3v) is 19.0. The molecule has 0 aliphatic rings. The van der Waals surface area contributed by atoms with Crippen LogP contribution >= 0.6 is 15.6 Å². The summed E-state index contributed by atoms with van der Waals surface area (Å²) in [6, 6.07) is 0. The summed E-state index contributed by atoms with van der Waals surface area (Å²) < 4.78 is 68.6. The molecule has 0 saturated heterocycles. The van der Waals surface area contributed by atoms with Gasteiger partial charge in [-0.25, -0.2) is 9.13 Å². The highest BCUT2D eigenvalue weighted by Gasteiger charge is 2.30. The topological polar surface area (TPSA) is 237 Å². The van der Waals surface area contributed by atoms with Crippen LogP contribution in [0.2, 0.25) is 0 Å². The Morgan fingerprint density at radius 3 is 0.794 bits per heavy atom. The maximum atomic E-state index is 13.1. The molecule has 5 atom stereocenters. The molecule has 0 radical (unpaired) electrons. The minimum atomic E-state index is -4.98. The number of esters is 4. The molecule has 102 heavy (non-hydrogen) atoms. The Kier molecular flexibility index (Phi) is 72.3. The van der Waals surface area contributed by atoms with Crippen LogP contribution in [-0.2, 0) is 65.4 Å². The zero-order chi connectivity index (χ0) is 74.6. The molecule has 0 fully saturated rings. The average molecular weight is 1480 g/mol. The lowest BCUT2D eigenvalue weighted by atomic mass is 10.0. The van der Waals surface area contributed by atoms with Crippen LogP contribution in [0.3, 0.4) is 0 Å². The molecular formula is C83H146O17P2. The predicted molar refractivity (Wildman–Crippen MR) is 418 cm³/mol. The fourth-order valence-electron chi connectivity index (χ4n) is 11.0. The van der Waals surface area contributed by atoms with Crippen LogP contribution < -0.4 is 0 Å². The van der Waals surface area contributed by atoms with Crippen molar-refractivity contribution in [3.63, 3.8) is 0 Å². The van der Waals surface area contributed by atoms with E-state index in [9.17, 15) is 43.2 Å². The highest BCUT2D eigenvalue weighted by Crippen LogP contribution is 2.45. The number of aliphatic hydroxyl groups is 1. The van der Waals surface area contributed by atoms with Crippen molar-refractivity contribution in [3.8, 4) is 0 Å². The summed E-state index contributed by atoms with van der Waals surface area (Å²) in [5.74, 6) is -2.20. The van der Waals surface area contributed by atoms with Crippen molar-refractivity contribution in [3.05, 3.63) is 97.2 Å². The Morgan fingerprint density at radius 2 is 0.510 bits per heavy atom. The number of rotatable bonds is 76. The van der Waals surface area contributed by atoms with Gasteiger partial charge in [-0.2, -0.15) is 0 Å². The SMILES string of the molecule is CC/C=C\C/C=C\C/C=C\C/C=C\C/C=C\CCCCCC(=O)OCC(COP(=O)(O)OCC(O)COP(=O)(O)OCC(COC(=O)CCCCCCC/C=C\C/C=C\C/C=C\CC)OC(=O)CCCCCCCCCCCCCCCCC)OC(=O)CCCCCCCCCCCCCCC. The average Bonchev–Trinajstić information content (AvgIpc) is 0.908. The summed E-state index contributed by atoms with van der Waals surface area (Å²) in [5.41, 5.74) is 0. The van der Waals surface area contributed by atoms with Gasteiger partial charge in [0.25, 0.3) is 0 Å². The van der Waals surface area contributed by atoms with Crippen LogP contribution in [0.25, 0.3) is 0 Å². The van der Waals surface area contributed by atoms with Crippen LogP contribution in [0.5, 0.6) is 0 Å². The second-order valence-electron chi connectivity index (χ2n) is 27.0. The first kappa shape index (κ1) is 98.0. The molecular weight excluding hydrogens is 1330 g/mol. The summed E-state index contributed by atoms with van der Waals surface area (Å²) in [6.45, 7) is 4.65. The molecule has 0 aromatic heterocycles. The van der Waals surface area contributed by atoms with E-state index >= 15 is 0 Å². The van der Waals surface area contributed by atoms with Gasteiger partial charge in [0.2, 0.25) is 0 Å². The van der Waals surface area contributed by atoms with E-state index < -0.39 is 97.5 Å². The van der Waals surface area contributed by atoms with Gasteiger partial charge in [-0.3, -0.25) is 37.3 Å². The Hall–Kier alpha value is -4.02. The molecule has 0 aliphatic heterocycles. The second-order valence-corrected chi connectivity index (χ2v) is 29.9. The largest absolute Gasteiger partial charge is 0.472 e. The minimum absolute atomic E-state index is 0.0904. The lowest BCUT2D eigenvalue weighted by Crippen LogP contribution is -2.30. The van der Waals surface area contributed by atoms with Gasteiger partial charge in [0.05, 0.1) is 26.4 Å². The van der Waals surface area contributed by atoms with E-state index in [1.165, 1.54) is 116 Å². The molecule has 17 nitrogen and oxygen atoms in total. The van der Waals surface area contributed by atoms with Crippen LogP contribution in [-0.4, -0.2) is 96.7 Å². The molecule has 0 aromatic rings. The van der Waals surface area contributed by atoms with Crippen LogP contribution in [0, 0.1) is 0 Å². The molecule has 0 saturated carbocycles. The van der Waals surface area contributed by atoms with Gasteiger partial charge < -0.3 is 33.8 Å². The first-order valence-electron chi connectivity index (χ1n) is 40.5. The smallest absolute Gasteiger partial charge is 0.462 e. The fraction of sp³-hybridized carbons (Fsp3) is 0.759. The van der Waals surface area contributed by atoms with Gasteiger partial charge in [-0.15, -0.1) is 0 Å². The lowest BCUT2D eigenvalue weighted by molar-refractivity contribution is -0.161. The number of hydrogen-bond acceptors (Lipinski definition) is 15. The number of aliphatic hydroxyl groups excluding tert-OH is 1. The molecule has 19 heteroatoms. The van der Waals surface area contributed by atoms with Crippen molar-refractivity contribution >= 4 is 39.5 Å². The number of carbonyl (C=O) groups is 4. The van der Waals surface area contributed by atoms with E-state index in [0.717, 1.165) is 154 Å². The molecule has 5 unspecified atom stereocenters. The summed E-state index contributed by atoms with van der Waals surface area (Å²) >= 11 is 0. The number of carbonyl (C=O) groups excluding carboxylic acids is 4. The first-order valence-corrected chi connectivity index (χ1v) is 43.5. The predicted octanol–water partition coefficient (Wildman–Crippen LogP) is 23.6. The van der Waals surface area contributed by atoms with Crippen molar-refractivity contribution in [1.29, 1.82) is 0 Å². The molecule has 0 bridgehead atoms. The number of phosphoric ester groups is 2. The highest BCUT2D eigenvalue weighted by atomic mass is 31.2. The van der Waals surface area contributed by atoms with Crippen molar-refractivity contribution in [2.24, 2.45) is 0 Å². The molecule has 3 N–H and O–H groups in total. The maximum Gasteiger partial charge on any atom is 0.472 e. The zero-order valence-electron chi connectivity index (χ0n) is 64.5. The van der Waals surface area contributed by atoms with Crippen molar-refractivity contribution in [2.75, 3.05) is 39.6 Å². The Labute approximate surface area is 620 Å². The molecule has 0 amide bonds. The van der Waals surface area contributed by atoms with Gasteiger partial charge >= 0.3 is 39.5 Å². The molecule has 0 aliphatic carbocycles. The van der Waals surface area contributed by atoms with Crippen molar-refractivity contribution < 1.29 is 80.2 Å². The van der Waals surface area contributed by atoms with E-state index in [1.807, 2.05) is 0 Å². The standard InChI is InChI=1S/C83H146O17P2/c1-5-9-13-17-21-25-29-33-36-37-38-39-42-45-48-52-56-60-64-68-81(86)94-73-78(99-82(87)69-65-61-57-53-49-43-32-28-24-20-16-12-8-4)75-97-101(89,90)95-71-77(84)72-96-102(91,92)98-76-79(100-83(88)70-66-62-58-54-50-46-41-35-31-27-23-19-15-11-7-3)74-93-80(85)67-63-59-55-51-47-44-40-34-30-26-22-18-14-10-6-2/h9-10,13-14,21-22,25-26,33-34,36,38-40,45,48,77-79,84H,5-8,11-12,15-20,23-24,27-32,35,37,41-44,46-47,49-76H2,1-4H3,(H,89,90)(H,91,92)/b13-9-,14-10-,25-21-,26-22-,36-33-,39-38-,40-34-,48-45-. The Balaban J connectivity index is 5.36. The first-order chi connectivity index (χ1) is 49.7. The fourth-order valence-corrected chi connectivity index (χ4v) is 12.5. The van der Waals surface area contributed by atoms with E-state index in [2.05, 4.69) is 125 Å². The van der Waals surface area contributed by atoms with Crippen LogP contribution in [0.15, 0.2) is 97.2 Å². The number of allylic oxidation sites excluding steroid dienone is 16. The summed E-state index contributed by atoms with van der Waals surface area (Å²) in [5, 5.41) is 10.6. The molecule has 0 rings (SSSR count). The number of unbranched alkanes of at least 4 members (excludes halogenated alkanes) is 34. The van der Waals surface area contributed by atoms with Crippen LogP contribution in [0.4, 0.5) is 0 Å². The van der Waals surface area contributed by atoms with Gasteiger partial charge in [0.15, 0.2) is 12.2 Å². The number of phosphoric acid groups is 2. The van der Waals surface area contributed by atoms with Gasteiger partial charge in [-0.1, -0.05) is 318 Å². The van der Waals surface area contributed by atoms with Gasteiger partial charge in [-0.05, 0) is 103 Å². The van der Waals surface area contributed by atoms with Crippen molar-refractivity contribution in [2.45, 2.75) is 367 Å². The summed E-state index contributed by atoms with van der Waals surface area (Å²) in [4.78, 5) is 73.0. The Bertz CT molecular complexity index is 2310. The normalized spacial score (nSPS) is 14.4. The number of ether oxygens (including phenoxy) is 4. The summed E-state index contributed by atoms with van der Waals surface area (Å²) in [6.07, 6.45) is 79.5. The van der Waals surface area contributed by atoms with Gasteiger partial charge in [0.1, 0.15) is 19.3 Å². The Morgan fingerprint density at radius 1 is 0.284 bits per heavy atom. The molecule has 0 heterocycles. The van der Waals surface area contributed by atoms with Crippen molar-refractivity contribution in [1.82, 2.24) is 0 Å². The van der Waals surface area contributed by atoms with E-state index in [4.69, 9.17) is 37.0 Å². The summed E-state index contributed by atoms with van der Waals surface area (Å²) in [7, 11) is -9.96. The third-order valence-electron chi connectivity index (χ3n) is 17.1. The van der Waals surface area contributed by atoms with Gasteiger partial charge in [0, 0.05) is 25.7 Å².